The Morgan fingerprint density at radius 2 is 2.26 bits per heavy atom. The molecule has 4 heteroatoms. The predicted octanol–water partition coefficient (Wildman–Crippen LogP) is 2.77. The first kappa shape index (κ1) is 14.8. The number of aryl methyl sites for hydroxylation is 1. The van der Waals surface area contributed by atoms with E-state index in [4.69, 9.17) is 0 Å². The molecule has 0 N–H and O–H groups in total. The maximum atomic E-state index is 12.5. The second-order valence-corrected chi connectivity index (χ2v) is 6.48. The molecule has 1 atom stereocenters. The van der Waals surface area contributed by atoms with E-state index in [1.807, 2.05) is 37.1 Å². The Hall–Kier alpha value is -0.620. The minimum absolute atomic E-state index is 0.133. The van der Waals surface area contributed by atoms with Gasteiger partial charge in [0.1, 0.15) is 0 Å². The summed E-state index contributed by atoms with van der Waals surface area (Å²) >= 11 is 2.26. The Morgan fingerprint density at radius 1 is 1.53 bits per heavy atom. The molecule has 0 aromatic heterocycles. The Balaban J connectivity index is 2.08. The van der Waals surface area contributed by atoms with Crippen LogP contribution in [-0.4, -0.2) is 48.9 Å². The molecule has 1 amide bonds. The van der Waals surface area contributed by atoms with Crippen LogP contribution in [0.25, 0.3) is 0 Å². The topological polar surface area (TPSA) is 23.6 Å². The summed E-state index contributed by atoms with van der Waals surface area (Å²) in [4.78, 5) is 16.7. The second-order valence-electron chi connectivity index (χ2n) is 5.40. The van der Waals surface area contributed by atoms with Crippen molar-refractivity contribution in [2.45, 2.75) is 25.8 Å². The number of amides is 1. The van der Waals surface area contributed by atoms with Crippen LogP contribution in [0.1, 0.15) is 28.8 Å². The van der Waals surface area contributed by atoms with Crippen LogP contribution in [0.15, 0.2) is 18.2 Å². The van der Waals surface area contributed by atoms with Crippen LogP contribution in [0.3, 0.4) is 0 Å². The largest absolute Gasteiger partial charge is 0.340 e. The van der Waals surface area contributed by atoms with Gasteiger partial charge in [-0.1, -0.05) is 12.1 Å². The molecule has 1 aromatic carbocycles. The summed E-state index contributed by atoms with van der Waals surface area (Å²) in [6.07, 6.45) is 2.43. The molecule has 1 heterocycles. The number of halogens is 1. The molecule has 0 radical (unpaired) electrons. The normalized spacial score (nSPS) is 19.7. The molecular weight excluding hydrogens is 351 g/mol. The van der Waals surface area contributed by atoms with Gasteiger partial charge in [-0.2, -0.15) is 0 Å². The van der Waals surface area contributed by atoms with Crippen molar-refractivity contribution >= 4 is 28.5 Å². The third-order valence-corrected chi connectivity index (χ3v) is 5.36. The standard InChI is InChI=1S/C15H21IN2O/c1-11-6-4-8-13(14(11)16)15(19)18(3)10-12-7-5-9-17(12)2/h4,6,8,12H,5,7,9-10H2,1-3H3. The number of hydrogen-bond donors (Lipinski definition) is 0. The van der Waals surface area contributed by atoms with Gasteiger partial charge in [0.15, 0.2) is 0 Å². The first-order valence-corrected chi connectivity index (χ1v) is 7.79. The highest BCUT2D eigenvalue weighted by Gasteiger charge is 2.25. The average molecular weight is 372 g/mol. The molecule has 1 saturated heterocycles. The van der Waals surface area contributed by atoms with E-state index in [1.165, 1.54) is 12.8 Å². The van der Waals surface area contributed by atoms with Crippen LogP contribution >= 0.6 is 22.6 Å². The Kier molecular flexibility index (Phi) is 4.84. The minimum atomic E-state index is 0.133. The Labute approximate surface area is 129 Å². The van der Waals surface area contributed by atoms with Gasteiger partial charge < -0.3 is 9.80 Å². The number of rotatable bonds is 3. The number of carbonyl (C=O) groups is 1. The van der Waals surface area contributed by atoms with E-state index >= 15 is 0 Å². The van der Waals surface area contributed by atoms with Gasteiger partial charge in [-0.15, -0.1) is 0 Å². The quantitative estimate of drug-likeness (QED) is 0.762. The molecular formula is C15H21IN2O. The lowest BCUT2D eigenvalue weighted by atomic mass is 10.1. The van der Waals surface area contributed by atoms with Crippen molar-refractivity contribution < 1.29 is 4.79 Å². The number of carbonyl (C=O) groups excluding carboxylic acids is 1. The third kappa shape index (κ3) is 3.28. The summed E-state index contributed by atoms with van der Waals surface area (Å²) in [5.74, 6) is 0.133. The molecule has 3 nitrogen and oxygen atoms in total. The van der Waals surface area contributed by atoms with Crippen molar-refractivity contribution in [3.05, 3.63) is 32.9 Å². The highest BCUT2D eigenvalue weighted by atomic mass is 127. The molecule has 1 aromatic rings. The number of likely N-dealkylation sites (tertiary alicyclic amines) is 1. The molecule has 0 aliphatic carbocycles. The second kappa shape index (κ2) is 6.22. The van der Waals surface area contributed by atoms with Gasteiger partial charge in [-0.3, -0.25) is 4.79 Å². The minimum Gasteiger partial charge on any atom is -0.340 e. The van der Waals surface area contributed by atoms with Crippen LogP contribution in [0.2, 0.25) is 0 Å². The highest BCUT2D eigenvalue weighted by Crippen LogP contribution is 2.20. The Bertz CT molecular complexity index is 475. The van der Waals surface area contributed by atoms with Crippen molar-refractivity contribution in [1.29, 1.82) is 0 Å². The molecule has 0 saturated carbocycles. The maximum absolute atomic E-state index is 12.5. The molecule has 1 unspecified atom stereocenters. The average Bonchev–Trinajstić information content (AvgIpc) is 2.77. The lowest BCUT2D eigenvalue weighted by Crippen LogP contribution is -2.39. The van der Waals surface area contributed by atoms with Crippen molar-refractivity contribution in [3.8, 4) is 0 Å². The van der Waals surface area contributed by atoms with Crippen molar-refractivity contribution in [3.63, 3.8) is 0 Å². The zero-order valence-electron chi connectivity index (χ0n) is 11.8. The van der Waals surface area contributed by atoms with Gasteiger partial charge in [0, 0.05) is 23.2 Å². The molecule has 19 heavy (non-hydrogen) atoms. The van der Waals surface area contributed by atoms with E-state index in [9.17, 15) is 4.79 Å². The lowest BCUT2D eigenvalue weighted by molar-refractivity contribution is 0.0760. The molecule has 1 aliphatic heterocycles. The number of benzene rings is 1. The van der Waals surface area contributed by atoms with Crippen molar-refractivity contribution in [1.82, 2.24) is 9.80 Å². The van der Waals surface area contributed by atoms with Crippen molar-refractivity contribution in [2.75, 3.05) is 27.2 Å². The molecule has 1 aliphatic rings. The van der Waals surface area contributed by atoms with Gasteiger partial charge >= 0.3 is 0 Å². The highest BCUT2D eigenvalue weighted by molar-refractivity contribution is 14.1. The summed E-state index contributed by atoms with van der Waals surface area (Å²) < 4.78 is 1.07. The predicted molar refractivity (Wildman–Crippen MR) is 86.5 cm³/mol. The van der Waals surface area contributed by atoms with E-state index in [0.29, 0.717) is 6.04 Å². The van der Waals surface area contributed by atoms with Crippen LogP contribution in [0.4, 0.5) is 0 Å². The summed E-state index contributed by atoms with van der Waals surface area (Å²) in [5.41, 5.74) is 1.99. The number of hydrogen-bond acceptors (Lipinski definition) is 2. The summed E-state index contributed by atoms with van der Waals surface area (Å²) in [5, 5.41) is 0. The monoisotopic (exact) mass is 372 g/mol. The first-order chi connectivity index (χ1) is 9.00. The summed E-state index contributed by atoms with van der Waals surface area (Å²) in [6, 6.07) is 6.44. The van der Waals surface area contributed by atoms with E-state index in [1.54, 1.807) is 0 Å². The zero-order valence-corrected chi connectivity index (χ0v) is 14.0. The Morgan fingerprint density at radius 3 is 2.89 bits per heavy atom. The summed E-state index contributed by atoms with van der Waals surface area (Å²) in [7, 11) is 4.05. The smallest absolute Gasteiger partial charge is 0.254 e. The third-order valence-electron chi connectivity index (χ3n) is 3.93. The van der Waals surface area contributed by atoms with E-state index < -0.39 is 0 Å². The lowest BCUT2D eigenvalue weighted by Gasteiger charge is -2.26. The van der Waals surface area contributed by atoms with Crippen LogP contribution < -0.4 is 0 Å². The van der Waals surface area contributed by atoms with Crippen LogP contribution in [0.5, 0.6) is 0 Å². The van der Waals surface area contributed by atoms with Gasteiger partial charge in [-0.05, 0) is 67.6 Å². The molecule has 1 fully saturated rings. The summed E-state index contributed by atoms with van der Waals surface area (Å²) in [6.45, 7) is 4.01. The fourth-order valence-electron chi connectivity index (χ4n) is 2.63. The fraction of sp³-hybridized carbons (Fsp3) is 0.533. The van der Waals surface area contributed by atoms with Gasteiger partial charge in [0.2, 0.25) is 0 Å². The van der Waals surface area contributed by atoms with Crippen LogP contribution in [-0.2, 0) is 0 Å². The molecule has 104 valence electrons. The maximum Gasteiger partial charge on any atom is 0.254 e. The molecule has 0 spiro atoms. The fourth-order valence-corrected chi connectivity index (χ4v) is 3.22. The van der Waals surface area contributed by atoms with Gasteiger partial charge in [-0.25, -0.2) is 0 Å². The SMILES string of the molecule is Cc1cccc(C(=O)N(C)CC2CCCN2C)c1I. The van der Waals surface area contributed by atoms with Crippen molar-refractivity contribution in [2.24, 2.45) is 0 Å². The van der Waals surface area contributed by atoms with Gasteiger partial charge in [0.05, 0.1) is 5.56 Å². The first-order valence-electron chi connectivity index (χ1n) is 6.71. The number of likely N-dealkylation sites (N-methyl/N-ethyl adjacent to an activating group) is 2. The van der Waals surface area contributed by atoms with Crippen LogP contribution in [0, 0.1) is 10.5 Å². The molecule has 2 rings (SSSR count). The van der Waals surface area contributed by atoms with E-state index in [0.717, 1.165) is 27.8 Å². The number of nitrogens with zero attached hydrogens (tertiary/aromatic N) is 2. The van der Waals surface area contributed by atoms with E-state index in [-0.39, 0.29) is 5.91 Å². The zero-order chi connectivity index (χ0) is 14.0. The van der Waals surface area contributed by atoms with Gasteiger partial charge in [0.25, 0.3) is 5.91 Å². The van der Waals surface area contributed by atoms with E-state index in [2.05, 4.69) is 34.5 Å². The molecule has 0 bridgehead atoms.